The van der Waals surface area contributed by atoms with Crippen molar-refractivity contribution in [1.82, 2.24) is 0 Å². The van der Waals surface area contributed by atoms with Crippen LogP contribution in [-0.2, 0) is 0 Å². The van der Waals surface area contributed by atoms with Crippen molar-refractivity contribution in [3.63, 3.8) is 0 Å². The van der Waals surface area contributed by atoms with Gasteiger partial charge in [0, 0.05) is 27.2 Å². The van der Waals surface area contributed by atoms with E-state index < -0.39 is 0 Å². The molecule has 0 aromatic heterocycles. The number of fused-ring (bicyclic) bond motifs is 4. The number of hydrogen-bond acceptors (Lipinski definition) is 3. The van der Waals surface area contributed by atoms with Crippen molar-refractivity contribution in [2.24, 2.45) is 17.8 Å². The lowest BCUT2D eigenvalue weighted by atomic mass is 9.75. The van der Waals surface area contributed by atoms with E-state index in [4.69, 9.17) is 0 Å². The fourth-order valence-electron chi connectivity index (χ4n) is 8.19. The Bertz CT molecular complexity index is 1690. The summed E-state index contributed by atoms with van der Waals surface area (Å²) < 4.78 is 0. The molecule has 0 bridgehead atoms. The summed E-state index contributed by atoms with van der Waals surface area (Å²) in [6, 6.07) is 7.26. The van der Waals surface area contributed by atoms with Crippen LogP contribution in [0.4, 0.5) is 0 Å². The number of allylic oxidation sites excluding steroid dienone is 15. The van der Waals surface area contributed by atoms with Gasteiger partial charge in [-0.2, -0.15) is 5.26 Å². The van der Waals surface area contributed by atoms with E-state index in [0.717, 1.165) is 24.0 Å². The topological polar surface area (TPSA) is 23.8 Å². The van der Waals surface area contributed by atoms with Gasteiger partial charge in [-0.25, -0.2) is 0 Å². The Labute approximate surface area is 259 Å². The summed E-state index contributed by atoms with van der Waals surface area (Å²) >= 11 is 4.17. The van der Waals surface area contributed by atoms with Gasteiger partial charge >= 0.3 is 0 Å². The number of nitriles is 1. The van der Waals surface area contributed by atoms with Crippen LogP contribution in [0.1, 0.15) is 80.5 Å². The molecule has 8 rings (SSSR count). The predicted molar refractivity (Wildman–Crippen MR) is 181 cm³/mol. The van der Waals surface area contributed by atoms with Gasteiger partial charge in [-0.3, -0.25) is 0 Å². The third kappa shape index (κ3) is 4.29. The average molecular weight is 584 g/mol. The molecule has 210 valence electrons. The first-order chi connectivity index (χ1) is 20.6. The van der Waals surface area contributed by atoms with E-state index in [1.54, 1.807) is 16.1 Å². The van der Waals surface area contributed by atoms with Gasteiger partial charge in [-0.1, -0.05) is 86.3 Å². The molecule has 6 atom stereocenters. The highest BCUT2D eigenvalue weighted by Crippen LogP contribution is 2.55. The van der Waals surface area contributed by atoms with Crippen LogP contribution in [0.25, 0.3) is 11.1 Å². The number of hydrogen-bond donors (Lipinski definition) is 0. The first-order valence-electron chi connectivity index (χ1n) is 15.8. The first kappa shape index (κ1) is 26.7. The Balaban J connectivity index is 1.25. The van der Waals surface area contributed by atoms with Crippen molar-refractivity contribution in [1.29, 1.82) is 5.26 Å². The quantitative estimate of drug-likeness (QED) is 0.354. The Hall–Kier alpha value is -2.93. The molecule has 0 fully saturated rings. The highest BCUT2D eigenvalue weighted by Gasteiger charge is 2.39. The van der Waals surface area contributed by atoms with E-state index in [2.05, 4.69) is 122 Å². The molecule has 5 aliphatic carbocycles. The minimum Gasteiger partial charge on any atom is -0.192 e. The van der Waals surface area contributed by atoms with Gasteiger partial charge in [0.25, 0.3) is 0 Å². The summed E-state index contributed by atoms with van der Waals surface area (Å²) in [4.78, 5) is 3.13. The minimum atomic E-state index is 0.213. The van der Waals surface area contributed by atoms with Crippen molar-refractivity contribution in [2.75, 3.05) is 0 Å². The smallest absolute Gasteiger partial charge is 0.0994 e. The van der Waals surface area contributed by atoms with E-state index in [9.17, 15) is 5.26 Å². The van der Waals surface area contributed by atoms with Gasteiger partial charge in [0.1, 0.15) is 0 Å². The summed E-state index contributed by atoms with van der Waals surface area (Å²) in [5.41, 5.74) is 12.0. The number of rotatable bonds is 3. The van der Waals surface area contributed by atoms with Crippen LogP contribution in [0.2, 0.25) is 0 Å². The molecular weight excluding hydrogens is 547 g/mol. The molecule has 0 spiro atoms. The molecule has 1 nitrogen and oxygen atoms in total. The zero-order valence-electron chi connectivity index (χ0n) is 24.5. The zero-order valence-corrected chi connectivity index (χ0v) is 26.1. The van der Waals surface area contributed by atoms with Gasteiger partial charge in [0.15, 0.2) is 0 Å². The molecule has 42 heavy (non-hydrogen) atoms. The molecule has 6 unspecified atom stereocenters. The largest absolute Gasteiger partial charge is 0.192 e. The molecule has 2 aliphatic heterocycles. The number of benzene rings is 1. The van der Waals surface area contributed by atoms with Crippen molar-refractivity contribution in [3.8, 4) is 6.07 Å². The van der Waals surface area contributed by atoms with Gasteiger partial charge in [-0.05, 0) is 106 Å². The first-order valence-corrected chi connectivity index (χ1v) is 17.6. The van der Waals surface area contributed by atoms with Crippen LogP contribution < -0.4 is 0 Å². The highest BCUT2D eigenvalue weighted by atomic mass is 32.2. The Kier molecular flexibility index (Phi) is 6.77. The van der Waals surface area contributed by atoms with Crippen molar-refractivity contribution in [2.45, 2.75) is 68.8 Å². The van der Waals surface area contributed by atoms with Crippen molar-refractivity contribution >= 4 is 34.7 Å². The third-order valence-corrected chi connectivity index (χ3v) is 13.5. The summed E-state index contributed by atoms with van der Waals surface area (Å²) in [5.74, 6) is 1.50. The van der Waals surface area contributed by atoms with Crippen LogP contribution in [0, 0.1) is 29.1 Å². The van der Waals surface area contributed by atoms with E-state index in [0.29, 0.717) is 28.3 Å². The van der Waals surface area contributed by atoms with Crippen molar-refractivity contribution < 1.29 is 0 Å². The fraction of sp³-hybridized carbons (Fsp3) is 0.359. The van der Waals surface area contributed by atoms with Crippen LogP contribution in [0.3, 0.4) is 0 Å². The third-order valence-electron chi connectivity index (χ3n) is 10.4. The maximum Gasteiger partial charge on any atom is 0.0994 e. The molecule has 0 saturated carbocycles. The van der Waals surface area contributed by atoms with Gasteiger partial charge in [0.2, 0.25) is 0 Å². The molecule has 0 amide bonds. The minimum absolute atomic E-state index is 0.213. The Morgan fingerprint density at radius 3 is 2.60 bits per heavy atom. The maximum atomic E-state index is 10.5. The maximum absolute atomic E-state index is 10.5. The molecule has 0 radical (unpaired) electrons. The van der Waals surface area contributed by atoms with E-state index >= 15 is 0 Å². The van der Waals surface area contributed by atoms with Crippen LogP contribution in [0.15, 0.2) is 105 Å². The fourth-order valence-corrected chi connectivity index (χ4v) is 11.3. The molecule has 7 aliphatic rings. The second-order valence-electron chi connectivity index (χ2n) is 12.9. The number of nitrogens with zero attached hydrogens (tertiary/aromatic N) is 1. The van der Waals surface area contributed by atoms with Crippen molar-refractivity contribution in [3.05, 3.63) is 128 Å². The second kappa shape index (κ2) is 10.7. The lowest BCUT2D eigenvalue weighted by molar-refractivity contribution is 0.633. The monoisotopic (exact) mass is 583 g/mol. The molecular formula is C39H37NS2. The zero-order chi connectivity index (χ0) is 28.4. The number of thioether (sulfide) groups is 2. The van der Waals surface area contributed by atoms with Gasteiger partial charge in [0.05, 0.1) is 11.6 Å². The lowest BCUT2D eigenvalue weighted by Gasteiger charge is -2.31. The van der Waals surface area contributed by atoms with Gasteiger partial charge in [-0.15, -0.1) is 23.5 Å². The lowest BCUT2D eigenvalue weighted by Crippen LogP contribution is -2.21. The normalized spacial score (nSPS) is 32.5. The summed E-state index contributed by atoms with van der Waals surface area (Å²) in [5, 5.41) is 11.4. The molecule has 1 aromatic rings. The van der Waals surface area contributed by atoms with Gasteiger partial charge < -0.3 is 0 Å². The van der Waals surface area contributed by atoms with E-state index in [-0.39, 0.29) is 5.92 Å². The molecule has 2 heterocycles. The Morgan fingerprint density at radius 1 is 0.857 bits per heavy atom. The van der Waals surface area contributed by atoms with Crippen LogP contribution in [0.5, 0.6) is 0 Å². The van der Waals surface area contributed by atoms with E-state index in [1.165, 1.54) is 58.4 Å². The highest BCUT2D eigenvalue weighted by molar-refractivity contribution is 8.04. The summed E-state index contributed by atoms with van der Waals surface area (Å²) in [6.07, 6.45) is 33.3. The molecule has 0 N–H and O–H groups in total. The summed E-state index contributed by atoms with van der Waals surface area (Å²) in [6.45, 7) is 4.68. The molecule has 3 heteroatoms. The second-order valence-corrected chi connectivity index (χ2v) is 15.3. The Morgan fingerprint density at radius 2 is 1.71 bits per heavy atom. The standard InChI is InChI=1S/C39H37NS2/c1-23-9-3-4-10-27(23)34-21-33(25-15-16-31-29-11-5-7-13-36(29)41-38(31)20-25)35(19-26(34)22-40)28-17-18-32-30-12-6-8-14-37(30)42-39(32)24(28)2/h3-4,8-10,14-21,23-24,27,31,38-39H,5-7,11-13H2,1-2H3. The van der Waals surface area contributed by atoms with E-state index in [1.807, 2.05) is 0 Å². The molecule has 1 aromatic carbocycles. The molecule has 0 saturated heterocycles. The predicted octanol–water partition coefficient (Wildman–Crippen LogP) is 10.6. The van der Waals surface area contributed by atoms with Crippen LogP contribution in [-0.4, -0.2) is 10.5 Å². The summed E-state index contributed by atoms with van der Waals surface area (Å²) in [7, 11) is 0. The van der Waals surface area contributed by atoms with Crippen LogP contribution >= 0.6 is 23.5 Å². The SMILES string of the molecule is CC1C=CC=CC1c1cc(C2=CC3SC4=C(CCCC4)C3C=C2)c(C2=CC=C3C4=C(C=CCC4)SC3C2C)cc1C#N. The average Bonchev–Trinajstić information content (AvgIpc) is 3.59.